The summed E-state index contributed by atoms with van der Waals surface area (Å²) < 4.78 is 34.2. The van der Waals surface area contributed by atoms with Gasteiger partial charge in [-0.25, -0.2) is 14.7 Å². The lowest BCUT2D eigenvalue weighted by molar-refractivity contribution is 0.0978. The molecular formula is C29H33N3O4S. The summed E-state index contributed by atoms with van der Waals surface area (Å²) in [7, 11) is -4.19. The zero-order valence-electron chi connectivity index (χ0n) is 22.0. The first-order chi connectivity index (χ1) is 17.6. The fourth-order valence-electron chi connectivity index (χ4n) is 4.68. The standard InChI is InChI=1S/C29H33N3O4S/c1-6-22-10-12-23(13-11-22)25-15-14-24(28(33)32-37(34,35)26-9-7-8-21(5)30-26)29(31-25)36-27-19(3)16-18(2)17-20(27)4/h7-9,12,14-17,22H,6,10-11,13H2,1-5H3,(H,32,33). The molecule has 2 aromatic heterocycles. The molecule has 0 bridgehead atoms. The molecule has 2 heterocycles. The van der Waals surface area contributed by atoms with Crippen molar-refractivity contribution in [3.8, 4) is 11.6 Å². The van der Waals surface area contributed by atoms with E-state index in [-0.39, 0.29) is 16.5 Å². The second-order valence-corrected chi connectivity index (χ2v) is 11.3. The van der Waals surface area contributed by atoms with Crippen LogP contribution in [0.25, 0.3) is 5.57 Å². The van der Waals surface area contributed by atoms with Gasteiger partial charge in [-0.3, -0.25) is 4.79 Å². The van der Waals surface area contributed by atoms with Gasteiger partial charge in [0.25, 0.3) is 15.9 Å². The van der Waals surface area contributed by atoms with Crippen LogP contribution in [0.2, 0.25) is 0 Å². The number of allylic oxidation sites excluding steroid dienone is 2. The van der Waals surface area contributed by atoms with Gasteiger partial charge >= 0.3 is 0 Å². The zero-order valence-corrected chi connectivity index (χ0v) is 22.8. The van der Waals surface area contributed by atoms with E-state index in [1.54, 1.807) is 31.2 Å². The fourth-order valence-corrected chi connectivity index (χ4v) is 5.66. The van der Waals surface area contributed by atoms with Gasteiger partial charge in [0.1, 0.15) is 11.3 Å². The van der Waals surface area contributed by atoms with E-state index in [9.17, 15) is 13.2 Å². The number of carbonyl (C=O) groups is 1. The minimum Gasteiger partial charge on any atom is -0.438 e. The molecule has 0 aliphatic heterocycles. The molecule has 0 saturated carbocycles. The predicted molar refractivity (Wildman–Crippen MR) is 144 cm³/mol. The molecule has 1 unspecified atom stereocenters. The van der Waals surface area contributed by atoms with Gasteiger partial charge in [0.15, 0.2) is 5.03 Å². The largest absolute Gasteiger partial charge is 0.438 e. The Bertz CT molecular complexity index is 1460. The van der Waals surface area contributed by atoms with Crippen molar-refractivity contribution in [3.63, 3.8) is 0 Å². The molecule has 3 aromatic rings. The number of pyridine rings is 2. The van der Waals surface area contributed by atoms with Crippen molar-refractivity contribution in [2.24, 2.45) is 5.92 Å². The third kappa shape index (κ3) is 6.07. The summed E-state index contributed by atoms with van der Waals surface area (Å²) in [5.74, 6) is 0.499. The molecule has 8 heteroatoms. The highest BCUT2D eigenvalue weighted by molar-refractivity contribution is 7.90. The Morgan fingerprint density at radius 2 is 1.78 bits per heavy atom. The van der Waals surface area contributed by atoms with Crippen LogP contribution in [0.3, 0.4) is 0 Å². The maximum absolute atomic E-state index is 13.3. The maximum atomic E-state index is 13.3. The summed E-state index contributed by atoms with van der Waals surface area (Å²) in [5, 5.41) is -0.226. The third-order valence-corrected chi connectivity index (χ3v) is 7.93. The molecule has 194 valence electrons. The number of aromatic nitrogens is 2. The van der Waals surface area contributed by atoms with Gasteiger partial charge in [-0.1, -0.05) is 43.2 Å². The minimum atomic E-state index is -4.19. The summed E-state index contributed by atoms with van der Waals surface area (Å²) >= 11 is 0. The van der Waals surface area contributed by atoms with Crippen molar-refractivity contribution >= 4 is 21.5 Å². The number of amides is 1. The van der Waals surface area contributed by atoms with Gasteiger partial charge in [0.05, 0.1) is 5.69 Å². The van der Waals surface area contributed by atoms with E-state index in [0.717, 1.165) is 53.6 Å². The normalized spacial score (nSPS) is 15.7. The van der Waals surface area contributed by atoms with Crippen molar-refractivity contribution in [3.05, 3.63) is 82.2 Å². The number of nitrogens with one attached hydrogen (secondary N) is 1. The molecule has 4 rings (SSSR count). The molecule has 1 amide bonds. The monoisotopic (exact) mass is 519 g/mol. The predicted octanol–water partition coefficient (Wildman–Crippen LogP) is 6.21. The van der Waals surface area contributed by atoms with Crippen LogP contribution in [-0.4, -0.2) is 24.3 Å². The SMILES string of the molecule is CCC1CC=C(c2ccc(C(=O)NS(=O)(=O)c3cccc(C)n3)c(Oc3c(C)cc(C)cc3C)n2)CC1. The summed E-state index contributed by atoms with van der Waals surface area (Å²) in [4.78, 5) is 22.0. The van der Waals surface area contributed by atoms with E-state index in [4.69, 9.17) is 9.72 Å². The Kier molecular flexibility index (Phi) is 7.78. The van der Waals surface area contributed by atoms with Crippen LogP contribution in [0, 0.1) is 33.6 Å². The third-order valence-electron chi connectivity index (χ3n) is 6.70. The second kappa shape index (κ2) is 10.8. The van der Waals surface area contributed by atoms with E-state index in [1.807, 2.05) is 32.9 Å². The number of sulfonamides is 1. The highest BCUT2D eigenvalue weighted by Gasteiger charge is 2.25. The van der Waals surface area contributed by atoms with Gasteiger partial charge < -0.3 is 4.74 Å². The molecule has 1 N–H and O–H groups in total. The summed E-state index contributed by atoms with van der Waals surface area (Å²) in [5.41, 5.74) is 5.29. The highest BCUT2D eigenvalue weighted by atomic mass is 32.2. The van der Waals surface area contributed by atoms with Crippen LogP contribution < -0.4 is 9.46 Å². The number of rotatable bonds is 7. The maximum Gasteiger partial charge on any atom is 0.281 e. The molecule has 1 atom stereocenters. The van der Waals surface area contributed by atoms with E-state index >= 15 is 0 Å². The molecule has 0 fully saturated rings. The van der Waals surface area contributed by atoms with Crippen LogP contribution in [-0.2, 0) is 10.0 Å². The fraction of sp³-hybridized carbons (Fsp3) is 0.345. The van der Waals surface area contributed by atoms with Gasteiger partial charge in [-0.2, -0.15) is 8.42 Å². The van der Waals surface area contributed by atoms with E-state index in [0.29, 0.717) is 17.4 Å². The van der Waals surface area contributed by atoms with Crippen LogP contribution in [0.1, 0.15) is 71.0 Å². The molecule has 1 aliphatic rings. The van der Waals surface area contributed by atoms with Crippen LogP contribution in [0.5, 0.6) is 11.6 Å². The lowest BCUT2D eigenvalue weighted by Gasteiger charge is -2.21. The average Bonchev–Trinajstić information content (AvgIpc) is 2.86. The van der Waals surface area contributed by atoms with Crippen molar-refractivity contribution in [1.82, 2.24) is 14.7 Å². The quantitative estimate of drug-likeness (QED) is 0.398. The summed E-state index contributed by atoms with van der Waals surface area (Å²) in [6.07, 6.45) is 6.32. The topological polar surface area (TPSA) is 98.2 Å². The van der Waals surface area contributed by atoms with Crippen molar-refractivity contribution < 1.29 is 17.9 Å². The summed E-state index contributed by atoms with van der Waals surface area (Å²) in [6.45, 7) is 9.76. The van der Waals surface area contributed by atoms with Gasteiger partial charge in [0.2, 0.25) is 5.88 Å². The Labute approximate surface area is 219 Å². The number of nitrogens with zero attached hydrogens (tertiary/aromatic N) is 2. The molecular weight excluding hydrogens is 486 g/mol. The van der Waals surface area contributed by atoms with E-state index in [1.165, 1.54) is 6.07 Å². The second-order valence-electron chi connectivity index (χ2n) is 9.71. The molecule has 0 spiro atoms. The van der Waals surface area contributed by atoms with Gasteiger partial charge in [-0.05, 0) is 93.8 Å². The van der Waals surface area contributed by atoms with Gasteiger partial charge in [0, 0.05) is 5.69 Å². The smallest absolute Gasteiger partial charge is 0.281 e. The Morgan fingerprint density at radius 1 is 1.05 bits per heavy atom. The Balaban J connectivity index is 1.73. The molecule has 1 aliphatic carbocycles. The number of benzene rings is 1. The number of hydrogen-bond donors (Lipinski definition) is 1. The zero-order chi connectivity index (χ0) is 26.7. The molecule has 0 saturated heterocycles. The summed E-state index contributed by atoms with van der Waals surface area (Å²) in [6, 6.07) is 11.9. The first kappa shape index (κ1) is 26.5. The lowest BCUT2D eigenvalue weighted by atomic mass is 9.86. The number of hydrogen-bond acceptors (Lipinski definition) is 6. The highest BCUT2D eigenvalue weighted by Crippen LogP contribution is 2.35. The van der Waals surface area contributed by atoms with Crippen LogP contribution in [0.4, 0.5) is 0 Å². The number of aryl methyl sites for hydroxylation is 4. The first-order valence-corrected chi connectivity index (χ1v) is 14.0. The van der Waals surface area contributed by atoms with Crippen molar-refractivity contribution in [2.75, 3.05) is 0 Å². The molecule has 0 radical (unpaired) electrons. The van der Waals surface area contributed by atoms with Crippen LogP contribution in [0.15, 0.2) is 53.6 Å². The van der Waals surface area contributed by atoms with Crippen molar-refractivity contribution in [2.45, 2.75) is 65.3 Å². The molecule has 7 nitrogen and oxygen atoms in total. The number of ether oxygens (including phenoxy) is 1. The average molecular weight is 520 g/mol. The van der Waals surface area contributed by atoms with Crippen molar-refractivity contribution in [1.29, 1.82) is 0 Å². The van der Waals surface area contributed by atoms with E-state index < -0.39 is 15.9 Å². The number of carbonyl (C=O) groups excluding carboxylic acids is 1. The Hall–Kier alpha value is -3.52. The lowest BCUT2D eigenvalue weighted by Crippen LogP contribution is -2.31. The minimum absolute atomic E-state index is 0.0298. The van der Waals surface area contributed by atoms with Crippen LogP contribution >= 0.6 is 0 Å². The molecule has 37 heavy (non-hydrogen) atoms. The Morgan fingerprint density at radius 3 is 2.41 bits per heavy atom. The van der Waals surface area contributed by atoms with E-state index in [2.05, 4.69) is 22.7 Å². The first-order valence-electron chi connectivity index (χ1n) is 12.5. The van der Waals surface area contributed by atoms with Gasteiger partial charge in [-0.15, -0.1) is 0 Å². The molecule has 1 aromatic carbocycles.